The molecule has 1 atom stereocenters. The van der Waals surface area contributed by atoms with Gasteiger partial charge in [-0.2, -0.15) is 0 Å². The number of hydrogen-bond acceptors (Lipinski definition) is 3. The molecule has 1 N–H and O–H groups in total. The molecule has 2 rings (SSSR count). The van der Waals surface area contributed by atoms with Crippen molar-refractivity contribution in [2.24, 2.45) is 0 Å². The number of nitrogens with one attached hydrogen (secondary N) is 1. The molecule has 0 radical (unpaired) electrons. The van der Waals surface area contributed by atoms with E-state index in [1.54, 1.807) is 23.1 Å². The summed E-state index contributed by atoms with van der Waals surface area (Å²) >= 11 is 14.2. The fourth-order valence-electron chi connectivity index (χ4n) is 3.21. The first-order chi connectivity index (χ1) is 14.4. The Hall–Kier alpha value is -1.69. The van der Waals surface area contributed by atoms with E-state index >= 15 is 0 Å². The van der Waals surface area contributed by atoms with E-state index in [1.807, 2.05) is 32.9 Å². The van der Waals surface area contributed by atoms with Gasteiger partial charge in [-0.25, -0.2) is 0 Å². The number of nitrogens with zero attached hydrogens (tertiary/aromatic N) is 1. The lowest BCUT2D eigenvalue weighted by atomic mass is 10.1. The maximum Gasteiger partial charge on any atom is 0.242 e. The van der Waals surface area contributed by atoms with Crippen LogP contribution in [-0.2, 0) is 21.9 Å². The maximum absolute atomic E-state index is 13.2. The van der Waals surface area contributed by atoms with Crippen LogP contribution in [0.25, 0.3) is 0 Å². The van der Waals surface area contributed by atoms with Crippen LogP contribution in [0, 0.1) is 6.92 Å². The van der Waals surface area contributed by atoms with Gasteiger partial charge in [0.15, 0.2) is 0 Å². The minimum atomic E-state index is -0.579. The second-order valence-electron chi connectivity index (χ2n) is 7.02. The third-order valence-electron chi connectivity index (χ3n) is 4.70. The molecule has 2 aromatic carbocycles. The zero-order valence-corrected chi connectivity index (χ0v) is 19.9. The lowest BCUT2D eigenvalue weighted by Crippen LogP contribution is -2.49. The van der Waals surface area contributed by atoms with Gasteiger partial charge in [-0.05, 0) is 38.0 Å². The second-order valence-corrected chi connectivity index (χ2v) is 8.82. The molecule has 0 spiro atoms. The number of amides is 2. The summed E-state index contributed by atoms with van der Waals surface area (Å²) in [6, 6.07) is 12.9. The Kier molecular flexibility index (Phi) is 10.0. The Labute approximate surface area is 193 Å². The summed E-state index contributed by atoms with van der Waals surface area (Å²) in [5, 5.41) is 3.80. The first-order valence-corrected chi connectivity index (χ1v) is 11.9. The van der Waals surface area contributed by atoms with Gasteiger partial charge in [0.2, 0.25) is 11.8 Å². The van der Waals surface area contributed by atoms with Crippen molar-refractivity contribution in [3.63, 3.8) is 0 Å². The molecule has 0 fully saturated rings. The first kappa shape index (κ1) is 24.6. The van der Waals surface area contributed by atoms with E-state index in [0.29, 0.717) is 28.6 Å². The van der Waals surface area contributed by atoms with Gasteiger partial charge in [-0.3, -0.25) is 9.59 Å². The molecule has 0 aliphatic carbocycles. The van der Waals surface area contributed by atoms with E-state index in [9.17, 15) is 9.59 Å². The summed E-state index contributed by atoms with van der Waals surface area (Å²) < 4.78 is 0. The number of aryl methyl sites for hydroxylation is 1. The second kappa shape index (κ2) is 12.2. The minimum absolute atomic E-state index is 0.109. The van der Waals surface area contributed by atoms with Crippen molar-refractivity contribution in [3.05, 3.63) is 69.2 Å². The standard InChI is InChI=1S/C23H28Cl2N2O2S/c1-4-21(23(29)26-5-2)27(13-18-19(24)10-7-11-20(18)25)22(28)15-30-14-17-9-6-8-16(3)12-17/h6-12,21H,4-5,13-15H2,1-3H3,(H,26,29)/t21-/m1/s1. The van der Waals surface area contributed by atoms with Gasteiger partial charge in [-0.1, -0.05) is 66.0 Å². The Balaban J connectivity index is 2.18. The van der Waals surface area contributed by atoms with Gasteiger partial charge < -0.3 is 10.2 Å². The van der Waals surface area contributed by atoms with Crippen LogP contribution in [0.15, 0.2) is 42.5 Å². The minimum Gasteiger partial charge on any atom is -0.355 e. The highest BCUT2D eigenvalue weighted by Gasteiger charge is 2.29. The zero-order chi connectivity index (χ0) is 22.1. The molecule has 0 aromatic heterocycles. The Morgan fingerprint density at radius 2 is 1.77 bits per heavy atom. The molecule has 30 heavy (non-hydrogen) atoms. The quantitative estimate of drug-likeness (QED) is 0.504. The number of rotatable bonds is 10. The number of benzene rings is 2. The van der Waals surface area contributed by atoms with E-state index in [0.717, 1.165) is 5.75 Å². The summed E-state index contributed by atoms with van der Waals surface area (Å²) in [5.74, 6) is 0.722. The van der Waals surface area contributed by atoms with E-state index < -0.39 is 6.04 Å². The largest absolute Gasteiger partial charge is 0.355 e. The molecule has 0 aliphatic rings. The molecule has 2 aromatic rings. The van der Waals surface area contributed by atoms with Crippen LogP contribution in [-0.4, -0.2) is 35.1 Å². The summed E-state index contributed by atoms with van der Waals surface area (Å²) in [4.78, 5) is 27.4. The predicted octanol–water partition coefficient (Wildman–Crippen LogP) is 5.48. The number of hydrogen-bond donors (Lipinski definition) is 1. The Morgan fingerprint density at radius 1 is 1.10 bits per heavy atom. The predicted molar refractivity (Wildman–Crippen MR) is 127 cm³/mol. The number of thioether (sulfide) groups is 1. The van der Waals surface area contributed by atoms with Crippen LogP contribution >= 0.6 is 35.0 Å². The molecule has 7 heteroatoms. The summed E-state index contributed by atoms with van der Waals surface area (Å²) in [7, 11) is 0. The van der Waals surface area contributed by atoms with Gasteiger partial charge in [0, 0.05) is 34.5 Å². The van der Waals surface area contributed by atoms with Gasteiger partial charge in [-0.15, -0.1) is 11.8 Å². The topological polar surface area (TPSA) is 49.4 Å². The molecule has 0 saturated heterocycles. The number of likely N-dealkylation sites (N-methyl/N-ethyl adjacent to an activating group) is 1. The Bertz CT molecular complexity index is 856. The molecule has 2 amide bonds. The fourth-order valence-corrected chi connectivity index (χ4v) is 4.58. The fraction of sp³-hybridized carbons (Fsp3) is 0.391. The van der Waals surface area contributed by atoms with Crippen LogP contribution in [0.4, 0.5) is 0 Å². The van der Waals surface area contributed by atoms with Crippen LogP contribution < -0.4 is 5.32 Å². The summed E-state index contributed by atoms with van der Waals surface area (Å²) in [5.41, 5.74) is 3.02. The average molecular weight is 467 g/mol. The Morgan fingerprint density at radius 3 is 2.37 bits per heavy atom. The lowest BCUT2D eigenvalue weighted by Gasteiger charge is -2.31. The van der Waals surface area contributed by atoms with Crippen LogP contribution in [0.1, 0.15) is 37.0 Å². The maximum atomic E-state index is 13.2. The third-order valence-corrected chi connectivity index (χ3v) is 6.40. The summed E-state index contributed by atoms with van der Waals surface area (Å²) in [6.45, 7) is 6.50. The van der Waals surface area contributed by atoms with Crippen molar-refractivity contribution >= 4 is 46.8 Å². The number of carbonyl (C=O) groups excluding carboxylic acids is 2. The van der Waals surface area contributed by atoms with Gasteiger partial charge in [0.1, 0.15) is 6.04 Å². The van der Waals surface area contributed by atoms with Crippen molar-refractivity contribution in [2.75, 3.05) is 12.3 Å². The smallest absolute Gasteiger partial charge is 0.242 e. The monoisotopic (exact) mass is 466 g/mol. The molecule has 4 nitrogen and oxygen atoms in total. The van der Waals surface area contributed by atoms with E-state index in [-0.39, 0.29) is 24.1 Å². The summed E-state index contributed by atoms with van der Waals surface area (Å²) in [6.07, 6.45) is 0.502. The van der Waals surface area contributed by atoms with Crippen molar-refractivity contribution in [1.29, 1.82) is 0 Å². The molecule has 0 saturated carbocycles. The number of halogens is 2. The molecule has 0 unspecified atom stereocenters. The highest BCUT2D eigenvalue weighted by molar-refractivity contribution is 7.99. The van der Waals surface area contributed by atoms with Crippen molar-refractivity contribution in [1.82, 2.24) is 10.2 Å². The van der Waals surface area contributed by atoms with Crippen LogP contribution in [0.3, 0.4) is 0 Å². The molecular weight excluding hydrogens is 439 g/mol. The molecule has 162 valence electrons. The molecule has 0 aliphatic heterocycles. The third kappa shape index (κ3) is 6.93. The average Bonchev–Trinajstić information content (AvgIpc) is 2.70. The van der Waals surface area contributed by atoms with Crippen molar-refractivity contribution in [2.45, 2.75) is 45.5 Å². The molecule has 0 heterocycles. The SMILES string of the molecule is CCNC(=O)[C@@H](CC)N(Cc1c(Cl)cccc1Cl)C(=O)CSCc1cccc(C)c1. The normalized spacial score (nSPS) is 11.8. The highest BCUT2D eigenvalue weighted by atomic mass is 35.5. The lowest BCUT2D eigenvalue weighted by molar-refractivity contribution is -0.139. The van der Waals surface area contributed by atoms with Crippen molar-refractivity contribution in [3.8, 4) is 0 Å². The first-order valence-electron chi connectivity index (χ1n) is 10.0. The van der Waals surface area contributed by atoms with Crippen LogP contribution in [0.5, 0.6) is 0 Å². The molecular formula is C23H28Cl2N2O2S. The van der Waals surface area contributed by atoms with E-state index in [4.69, 9.17) is 23.2 Å². The molecule has 0 bridgehead atoms. The zero-order valence-electron chi connectivity index (χ0n) is 17.6. The number of carbonyl (C=O) groups is 2. The van der Waals surface area contributed by atoms with Gasteiger partial charge >= 0.3 is 0 Å². The van der Waals surface area contributed by atoms with E-state index in [2.05, 4.69) is 17.4 Å². The van der Waals surface area contributed by atoms with Gasteiger partial charge in [0.25, 0.3) is 0 Å². The van der Waals surface area contributed by atoms with Crippen LogP contribution in [0.2, 0.25) is 10.0 Å². The van der Waals surface area contributed by atoms with Gasteiger partial charge in [0.05, 0.1) is 5.75 Å². The highest BCUT2D eigenvalue weighted by Crippen LogP contribution is 2.27. The van der Waals surface area contributed by atoms with E-state index in [1.165, 1.54) is 22.9 Å². The van der Waals surface area contributed by atoms with Crippen molar-refractivity contribution < 1.29 is 9.59 Å².